The van der Waals surface area contributed by atoms with Crippen LogP contribution in [-0.4, -0.2) is 25.2 Å². The van der Waals surface area contributed by atoms with E-state index in [2.05, 4.69) is 16.3 Å². The highest BCUT2D eigenvalue weighted by atomic mass is 19.1. The van der Waals surface area contributed by atoms with E-state index in [1.165, 1.54) is 25.0 Å². The molecule has 0 amide bonds. The Bertz CT molecular complexity index is 511. The van der Waals surface area contributed by atoms with Crippen LogP contribution in [0.1, 0.15) is 31.2 Å². The van der Waals surface area contributed by atoms with Crippen LogP contribution in [0.3, 0.4) is 0 Å². The molecule has 3 nitrogen and oxygen atoms in total. The molecule has 0 aromatic heterocycles. The van der Waals surface area contributed by atoms with E-state index in [1.807, 2.05) is 7.05 Å². The fourth-order valence-electron chi connectivity index (χ4n) is 3.45. The minimum absolute atomic E-state index is 0.348. The molecular formula is C15H18FN3. The quantitative estimate of drug-likeness (QED) is 0.886. The van der Waals surface area contributed by atoms with Crippen molar-refractivity contribution in [2.75, 3.05) is 11.9 Å². The lowest BCUT2D eigenvalue weighted by Crippen LogP contribution is -2.47. The average molecular weight is 259 g/mol. The van der Waals surface area contributed by atoms with Crippen molar-refractivity contribution in [2.45, 2.75) is 43.8 Å². The number of nitrogens with zero attached hydrogens (tertiary/aromatic N) is 2. The molecule has 0 radical (unpaired) electrons. The summed E-state index contributed by atoms with van der Waals surface area (Å²) in [5, 5.41) is 12.8. The SMILES string of the molecule is CN(c1ccc(F)cc1C#N)C1CC2CCC(C1)N2. The third-order valence-electron chi connectivity index (χ3n) is 4.45. The van der Waals surface area contributed by atoms with E-state index >= 15 is 0 Å². The molecule has 2 heterocycles. The molecule has 1 aromatic rings. The molecular weight excluding hydrogens is 241 g/mol. The van der Waals surface area contributed by atoms with Gasteiger partial charge < -0.3 is 10.2 Å². The Balaban J connectivity index is 1.84. The molecule has 3 rings (SSSR count). The van der Waals surface area contributed by atoms with Crippen LogP contribution in [0.4, 0.5) is 10.1 Å². The van der Waals surface area contributed by atoms with E-state index < -0.39 is 0 Å². The van der Waals surface area contributed by atoms with E-state index in [0.29, 0.717) is 23.7 Å². The van der Waals surface area contributed by atoms with Crippen molar-refractivity contribution in [1.29, 1.82) is 5.26 Å². The molecule has 19 heavy (non-hydrogen) atoms. The number of piperidine rings is 1. The molecule has 2 atom stereocenters. The molecule has 2 bridgehead atoms. The molecule has 2 aliphatic rings. The van der Waals surface area contributed by atoms with Gasteiger partial charge >= 0.3 is 0 Å². The Morgan fingerprint density at radius 3 is 2.63 bits per heavy atom. The zero-order chi connectivity index (χ0) is 13.4. The monoisotopic (exact) mass is 259 g/mol. The van der Waals surface area contributed by atoms with Crippen molar-refractivity contribution >= 4 is 5.69 Å². The molecule has 2 aliphatic heterocycles. The van der Waals surface area contributed by atoms with Gasteiger partial charge in [0.15, 0.2) is 0 Å². The predicted molar refractivity (Wildman–Crippen MR) is 72.5 cm³/mol. The number of hydrogen-bond donors (Lipinski definition) is 1. The minimum atomic E-state index is -0.348. The first-order chi connectivity index (χ1) is 9.17. The molecule has 0 saturated carbocycles. The average Bonchev–Trinajstić information content (AvgIpc) is 2.76. The summed E-state index contributed by atoms with van der Waals surface area (Å²) in [6.07, 6.45) is 4.72. The Hall–Kier alpha value is -1.60. The first-order valence-corrected chi connectivity index (χ1v) is 6.86. The summed E-state index contributed by atoms with van der Waals surface area (Å²) >= 11 is 0. The first-order valence-electron chi connectivity index (χ1n) is 6.86. The summed E-state index contributed by atoms with van der Waals surface area (Å²) < 4.78 is 13.2. The molecule has 0 spiro atoms. The van der Waals surface area contributed by atoms with Gasteiger partial charge in [-0.15, -0.1) is 0 Å². The van der Waals surface area contributed by atoms with E-state index in [1.54, 1.807) is 6.07 Å². The zero-order valence-electron chi connectivity index (χ0n) is 11.1. The van der Waals surface area contributed by atoms with E-state index in [4.69, 9.17) is 5.26 Å². The smallest absolute Gasteiger partial charge is 0.124 e. The van der Waals surface area contributed by atoms with Crippen LogP contribution in [0.2, 0.25) is 0 Å². The van der Waals surface area contributed by atoms with Crippen LogP contribution in [0.25, 0.3) is 0 Å². The van der Waals surface area contributed by atoms with Gasteiger partial charge in [-0.05, 0) is 43.9 Å². The fourth-order valence-corrected chi connectivity index (χ4v) is 3.45. The van der Waals surface area contributed by atoms with E-state index in [0.717, 1.165) is 18.5 Å². The van der Waals surface area contributed by atoms with Crippen LogP contribution in [-0.2, 0) is 0 Å². The van der Waals surface area contributed by atoms with Crippen LogP contribution in [0, 0.1) is 17.1 Å². The first kappa shape index (κ1) is 12.4. The maximum Gasteiger partial charge on any atom is 0.124 e. The number of fused-ring (bicyclic) bond motifs is 2. The van der Waals surface area contributed by atoms with Crippen molar-refractivity contribution < 1.29 is 4.39 Å². The highest BCUT2D eigenvalue weighted by Gasteiger charge is 2.35. The third kappa shape index (κ3) is 2.31. The summed E-state index contributed by atoms with van der Waals surface area (Å²) in [5.74, 6) is -0.348. The predicted octanol–water partition coefficient (Wildman–Crippen LogP) is 2.42. The largest absolute Gasteiger partial charge is 0.370 e. The maximum atomic E-state index is 13.2. The summed E-state index contributed by atoms with van der Waals surface area (Å²) in [7, 11) is 2.02. The molecule has 100 valence electrons. The van der Waals surface area contributed by atoms with Crippen molar-refractivity contribution in [1.82, 2.24) is 5.32 Å². The Kier molecular flexibility index (Phi) is 3.16. The number of anilines is 1. The summed E-state index contributed by atoms with van der Waals surface area (Å²) in [6, 6.07) is 8.23. The lowest BCUT2D eigenvalue weighted by Gasteiger charge is -2.37. The second-order valence-electron chi connectivity index (χ2n) is 5.65. The summed E-state index contributed by atoms with van der Waals surface area (Å²) in [4.78, 5) is 2.16. The lowest BCUT2D eigenvalue weighted by atomic mass is 9.97. The minimum Gasteiger partial charge on any atom is -0.370 e. The van der Waals surface area contributed by atoms with Crippen LogP contribution in [0.15, 0.2) is 18.2 Å². The van der Waals surface area contributed by atoms with Crippen molar-refractivity contribution in [3.05, 3.63) is 29.6 Å². The van der Waals surface area contributed by atoms with Crippen molar-refractivity contribution in [3.63, 3.8) is 0 Å². The summed E-state index contributed by atoms with van der Waals surface area (Å²) in [6.45, 7) is 0. The van der Waals surface area contributed by atoms with Gasteiger partial charge in [0.25, 0.3) is 0 Å². The number of nitriles is 1. The van der Waals surface area contributed by atoms with Gasteiger partial charge in [-0.25, -0.2) is 4.39 Å². The molecule has 0 aliphatic carbocycles. The Labute approximate surface area is 113 Å². The number of benzene rings is 1. The van der Waals surface area contributed by atoms with Crippen LogP contribution >= 0.6 is 0 Å². The van der Waals surface area contributed by atoms with Gasteiger partial charge in [0.2, 0.25) is 0 Å². The highest BCUT2D eigenvalue weighted by Crippen LogP contribution is 2.32. The Morgan fingerprint density at radius 1 is 1.32 bits per heavy atom. The van der Waals surface area contributed by atoms with Gasteiger partial charge in [0, 0.05) is 25.2 Å². The lowest BCUT2D eigenvalue weighted by molar-refractivity contribution is 0.354. The Morgan fingerprint density at radius 2 is 2.00 bits per heavy atom. The van der Waals surface area contributed by atoms with Gasteiger partial charge in [-0.3, -0.25) is 0 Å². The number of rotatable bonds is 2. The van der Waals surface area contributed by atoms with Crippen LogP contribution < -0.4 is 10.2 Å². The molecule has 2 saturated heterocycles. The fraction of sp³-hybridized carbons (Fsp3) is 0.533. The van der Waals surface area contributed by atoms with Gasteiger partial charge in [0.1, 0.15) is 11.9 Å². The molecule has 2 unspecified atom stereocenters. The van der Waals surface area contributed by atoms with Crippen LogP contribution in [0.5, 0.6) is 0 Å². The second kappa shape index (κ2) is 4.82. The van der Waals surface area contributed by atoms with Gasteiger partial charge in [-0.1, -0.05) is 0 Å². The van der Waals surface area contributed by atoms with Crippen molar-refractivity contribution in [3.8, 4) is 6.07 Å². The molecule has 1 aromatic carbocycles. The number of hydrogen-bond acceptors (Lipinski definition) is 3. The number of halogens is 1. The van der Waals surface area contributed by atoms with Crippen molar-refractivity contribution in [2.24, 2.45) is 0 Å². The zero-order valence-corrected chi connectivity index (χ0v) is 11.1. The topological polar surface area (TPSA) is 39.1 Å². The maximum absolute atomic E-state index is 13.2. The third-order valence-corrected chi connectivity index (χ3v) is 4.45. The van der Waals surface area contributed by atoms with E-state index in [-0.39, 0.29) is 5.82 Å². The highest BCUT2D eigenvalue weighted by molar-refractivity contribution is 5.59. The van der Waals surface area contributed by atoms with Gasteiger partial charge in [0.05, 0.1) is 11.3 Å². The molecule has 1 N–H and O–H groups in total. The van der Waals surface area contributed by atoms with Gasteiger partial charge in [-0.2, -0.15) is 5.26 Å². The molecule has 4 heteroatoms. The second-order valence-corrected chi connectivity index (χ2v) is 5.65. The number of nitrogens with one attached hydrogen (secondary N) is 1. The summed E-state index contributed by atoms with van der Waals surface area (Å²) in [5.41, 5.74) is 1.27. The normalized spacial score (nSPS) is 29.0. The van der Waals surface area contributed by atoms with E-state index in [9.17, 15) is 4.39 Å². The standard InChI is InChI=1S/C15H18FN3/c1-19(14-7-12-3-4-13(8-14)18-12)15-5-2-11(16)6-10(15)9-17/h2,5-6,12-14,18H,3-4,7-8H2,1H3. The molecule has 2 fully saturated rings.